The van der Waals surface area contributed by atoms with E-state index in [4.69, 9.17) is 22.4 Å². The molecule has 0 spiro atoms. The number of aromatic nitrogens is 2. The predicted molar refractivity (Wildman–Crippen MR) is 140 cm³/mol. The smallest absolute Gasteiger partial charge is 0.326 e. The number of hydrogen-bond acceptors (Lipinski definition) is 7. The van der Waals surface area contributed by atoms with E-state index in [9.17, 15) is 18.3 Å². The van der Waals surface area contributed by atoms with Crippen LogP contribution in [0.1, 0.15) is 43.8 Å². The highest BCUT2D eigenvalue weighted by Crippen LogP contribution is 2.21. The van der Waals surface area contributed by atoms with Gasteiger partial charge in [-0.15, -0.1) is 0 Å². The maximum atomic E-state index is 13.0. The first kappa shape index (κ1) is 27.3. The fraction of sp³-hybridized carbons (Fsp3) is 0.385. The van der Waals surface area contributed by atoms with Crippen LogP contribution in [-0.4, -0.2) is 48.8 Å². The molecule has 37 heavy (non-hydrogen) atoms. The molecule has 0 bridgehead atoms. The Hall–Kier alpha value is -2.76. The van der Waals surface area contributed by atoms with Crippen molar-refractivity contribution in [1.29, 1.82) is 0 Å². The number of unbranched alkanes of at least 4 members (excludes halogenated alkanes) is 1. The molecule has 0 saturated carbocycles. The molecule has 2 atom stereocenters. The molecule has 0 aliphatic carbocycles. The van der Waals surface area contributed by atoms with Crippen molar-refractivity contribution < 1.29 is 29.2 Å². The molecule has 1 unspecified atom stereocenters. The number of methoxy groups -OCH3 is 1. The highest BCUT2D eigenvalue weighted by Gasteiger charge is 2.27. The summed E-state index contributed by atoms with van der Waals surface area (Å²) in [5.41, 5.74) is 1.84. The third-order valence-corrected chi connectivity index (χ3v) is 7.44. The number of rotatable bonds is 14. The molecule has 0 aliphatic heterocycles. The Balaban J connectivity index is 1.73. The monoisotopic (exact) mass is 550 g/mol. The minimum absolute atomic E-state index is 0.0575. The van der Waals surface area contributed by atoms with E-state index < -0.39 is 28.6 Å². The van der Waals surface area contributed by atoms with Gasteiger partial charge >= 0.3 is 5.97 Å². The number of carbonyl (C=O) groups is 1. The third-order valence-electron chi connectivity index (χ3n) is 5.65. The van der Waals surface area contributed by atoms with E-state index in [1.54, 1.807) is 42.5 Å². The molecule has 9 nitrogen and oxygen atoms in total. The number of aliphatic hydroxyl groups is 1. The zero-order valence-electron chi connectivity index (χ0n) is 21.8. The van der Waals surface area contributed by atoms with Crippen molar-refractivity contribution in [3.8, 4) is 0 Å². The lowest BCUT2D eigenvalue weighted by Crippen LogP contribution is -2.44. The predicted octanol–water partition coefficient (Wildman–Crippen LogP) is 3.46. The number of aliphatic hydroxyl groups excluding tert-OH is 1. The van der Waals surface area contributed by atoms with Gasteiger partial charge in [0.15, 0.2) is 5.15 Å². The van der Waals surface area contributed by atoms with Gasteiger partial charge in [0, 0.05) is 13.0 Å². The molecule has 2 aromatic carbocycles. The molecule has 1 aromatic heterocycles. The van der Waals surface area contributed by atoms with Crippen molar-refractivity contribution in [2.45, 2.75) is 56.9 Å². The van der Waals surface area contributed by atoms with E-state index in [2.05, 4.69) is 16.6 Å². The Morgan fingerprint density at radius 2 is 1.89 bits per heavy atom. The zero-order chi connectivity index (χ0) is 27.7. The number of esters is 1. The molecule has 2 N–H and O–H groups in total. The second-order valence-corrected chi connectivity index (χ2v) is 10.4. The van der Waals surface area contributed by atoms with Gasteiger partial charge in [-0.2, -0.15) is 4.72 Å². The lowest BCUT2D eigenvalue weighted by molar-refractivity contribution is -0.144. The number of aryl methyl sites for hydroxylation is 1. The minimum atomic E-state index is -4.12. The largest absolute Gasteiger partial charge is 0.468 e. The second-order valence-electron chi connectivity index (χ2n) is 8.32. The summed E-state index contributed by atoms with van der Waals surface area (Å²) >= 11 is 6.21. The number of halogens is 1. The van der Waals surface area contributed by atoms with Crippen LogP contribution in [0.3, 0.4) is 0 Å². The van der Waals surface area contributed by atoms with Gasteiger partial charge < -0.3 is 19.1 Å². The van der Waals surface area contributed by atoms with Crippen LogP contribution in [0.5, 0.6) is 0 Å². The Morgan fingerprint density at radius 1 is 1.19 bits per heavy atom. The average Bonchev–Trinajstić information content (AvgIpc) is 3.23. The zero-order valence-corrected chi connectivity index (χ0v) is 22.3. The average molecular weight is 551 g/mol. The van der Waals surface area contributed by atoms with Crippen molar-refractivity contribution in [1.82, 2.24) is 14.3 Å². The fourth-order valence-electron chi connectivity index (χ4n) is 3.64. The van der Waals surface area contributed by atoms with E-state index in [1.807, 2.05) is 4.57 Å². The first-order chi connectivity index (χ1) is 18.2. The van der Waals surface area contributed by atoms with Crippen LogP contribution in [0.2, 0.25) is 5.15 Å². The Kier molecular flexibility index (Phi) is 10.1. The second kappa shape index (κ2) is 13.7. The van der Waals surface area contributed by atoms with Crippen LogP contribution in [0.4, 0.5) is 0 Å². The Bertz CT molecular complexity index is 1300. The Labute approximate surface area is 223 Å². The van der Waals surface area contributed by atoms with Crippen molar-refractivity contribution in [2.75, 3.05) is 13.7 Å². The van der Waals surface area contributed by atoms with E-state index in [1.165, 1.54) is 12.1 Å². The number of imidazole rings is 1. The summed E-state index contributed by atoms with van der Waals surface area (Å²) in [6.45, 7) is 0.661. The summed E-state index contributed by atoms with van der Waals surface area (Å²) in [4.78, 5) is 16.6. The van der Waals surface area contributed by atoms with Crippen LogP contribution in [0.15, 0.2) is 59.5 Å². The number of nitrogens with zero attached hydrogens (tertiary/aromatic N) is 2. The van der Waals surface area contributed by atoms with Crippen LogP contribution in [-0.2, 0) is 50.4 Å². The molecule has 3 rings (SSSR count). The van der Waals surface area contributed by atoms with E-state index in [-0.39, 0.29) is 23.3 Å². The van der Waals surface area contributed by atoms with E-state index in [0.717, 1.165) is 31.3 Å². The number of hydrogen-bond donors (Lipinski definition) is 2. The molecule has 0 radical (unpaired) electrons. The number of nitrogens with one attached hydrogen (secondary N) is 1. The third kappa shape index (κ3) is 7.86. The van der Waals surface area contributed by atoms with Gasteiger partial charge in [0.05, 0.1) is 38.9 Å². The standard InChI is InChI=1S/C26H32ClN3O6S/c1-3-4-10-24-28-25(27)23(16-31)30(24)15-19-11-13-21(14-12-19)37(33,34)29-22(26(32)35-2)18-36-17-20-8-6-5-7-9-20/h5-9,11-14,22,29,31H,3-4,10,15-18H2,1-2H3/t22-/m0/s1/i17D/t17?,22-. The first-order valence-electron chi connectivity index (χ1n) is 12.4. The summed E-state index contributed by atoms with van der Waals surface area (Å²) in [5.74, 6) is -0.0815. The van der Waals surface area contributed by atoms with Crippen LogP contribution >= 0.6 is 11.6 Å². The van der Waals surface area contributed by atoms with Gasteiger partial charge in [-0.05, 0) is 29.7 Å². The Morgan fingerprint density at radius 3 is 2.51 bits per heavy atom. The summed E-state index contributed by atoms with van der Waals surface area (Å²) in [6, 6.07) is 13.5. The molecule has 0 amide bonds. The van der Waals surface area contributed by atoms with Gasteiger partial charge in [-0.25, -0.2) is 13.4 Å². The summed E-state index contributed by atoms with van der Waals surface area (Å²) < 4.78 is 48.5. The van der Waals surface area contributed by atoms with Crippen LogP contribution in [0.25, 0.3) is 0 Å². The summed E-state index contributed by atoms with van der Waals surface area (Å²) in [5, 5.41) is 10.0. The SMILES string of the molecule is [2H]C(OC[C@H](NS(=O)(=O)c1ccc(Cn2c(CCCC)nc(Cl)c2CO)cc1)C(=O)OC)c1ccccc1. The highest BCUT2D eigenvalue weighted by molar-refractivity contribution is 7.89. The molecular formula is C26H32ClN3O6S. The van der Waals surface area contributed by atoms with Gasteiger partial charge in [0.25, 0.3) is 0 Å². The molecule has 0 fully saturated rings. The number of sulfonamides is 1. The lowest BCUT2D eigenvalue weighted by Gasteiger charge is -2.17. The van der Waals surface area contributed by atoms with Crippen molar-refractivity contribution in [3.05, 3.63) is 82.4 Å². The molecule has 3 aromatic rings. The molecule has 1 heterocycles. The normalized spacial score (nSPS) is 13.7. The van der Waals surface area contributed by atoms with E-state index >= 15 is 0 Å². The minimum Gasteiger partial charge on any atom is -0.468 e. The highest BCUT2D eigenvalue weighted by atomic mass is 35.5. The topological polar surface area (TPSA) is 120 Å². The number of carbonyl (C=O) groups excluding carboxylic acids is 1. The molecule has 0 saturated heterocycles. The maximum absolute atomic E-state index is 13.0. The quantitative estimate of drug-likeness (QED) is 0.295. The summed E-state index contributed by atoms with van der Waals surface area (Å²) in [7, 11) is -2.97. The van der Waals surface area contributed by atoms with Crippen LogP contribution in [0, 0.1) is 0 Å². The number of ether oxygens (including phenoxy) is 2. The summed E-state index contributed by atoms with van der Waals surface area (Å²) in [6.07, 6.45) is 2.59. The van der Waals surface area contributed by atoms with Gasteiger partial charge in [-0.3, -0.25) is 4.79 Å². The molecule has 11 heteroatoms. The van der Waals surface area contributed by atoms with Crippen molar-refractivity contribution in [2.24, 2.45) is 0 Å². The van der Waals surface area contributed by atoms with E-state index in [0.29, 0.717) is 24.2 Å². The van der Waals surface area contributed by atoms with Gasteiger partial charge in [0.2, 0.25) is 10.0 Å². The maximum Gasteiger partial charge on any atom is 0.326 e. The first-order valence-corrected chi connectivity index (χ1v) is 13.7. The molecule has 200 valence electrons. The fourth-order valence-corrected chi connectivity index (χ4v) is 5.07. The molecule has 0 aliphatic rings. The van der Waals surface area contributed by atoms with Crippen LogP contribution < -0.4 is 4.72 Å². The van der Waals surface area contributed by atoms with Crippen molar-refractivity contribution >= 4 is 27.6 Å². The van der Waals surface area contributed by atoms with Crippen molar-refractivity contribution in [3.63, 3.8) is 0 Å². The number of benzene rings is 2. The lowest BCUT2D eigenvalue weighted by atomic mass is 10.2. The van der Waals surface area contributed by atoms with Gasteiger partial charge in [-0.1, -0.05) is 67.4 Å². The van der Waals surface area contributed by atoms with Gasteiger partial charge in [0.1, 0.15) is 11.9 Å². The molecular weight excluding hydrogens is 518 g/mol.